The van der Waals surface area contributed by atoms with E-state index in [1.54, 1.807) is 11.8 Å². The first kappa shape index (κ1) is 11.5. The number of thioether (sulfide) groups is 1. The van der Waals surface area contributed by atoms with Gasteiger partial charge in [0.15, 0.2) is 0 Å². The predicted octanol–water partition coefficient (Wildman–Crippen LogP) is 3.06. The van der Waals surface area contributed by atoms with Crippen molar-refractivity contribution >= 4 is 40.1 Å². The third-order valence-electron chi connectivity index (χ3n) is 2.17. The average Bonchev–Trinajstić information content (AvgIpc) is 2.29. The van der Waals surface area contributed by atoms with Crippen molar-refractivity contribution in [3.63, 3.8) is 0 Å². The Kier molecular flexibility index (Phi) is 3.85. The maximum absolute atomic E-state index is 5.87. The first-order chi connectivity index (χ1) is 7.81. The Balaban J connectivity index is 2.34. The quantitative estimate of drug-likeness (QED) is 0.671. The van der Waals surface area contributed by atoms with Gasteiger partial charge in [-0.25, -0.2) is 9.97 Å². The van der Waals surface area contributed by atoms with E-state index in [1.807, 2.05) is 24.3 Å². The monoisotopic (exact) mass is 253 g/mol. The Morgan fingerprint density at radius 3 is 2.94 bits per heavy atom. The number of aromatic nitrogens is 2. The van der Waals surface area contributed by atoms with Gasteiger partial charge in [-0.3, -0.25) is 0 Å². The van der Waals surface area contributed by atoms with Gasteiger partial charge in [0, 0.05) is 17.7 Å². The molecule has 0 amide bonds. The molecule has 2 aromatic rings. The summed E-state index contributed by atoms with van der Waals surface area (Å²) in [5.41, 5.74) is 0.870. The number of benzene rings is 1. The van der Waals surface area contributed by atoms with Gasteiger partial charge in [0.1, 0.15) is 5.82 Å². The van der Waals surface area contributed by atoms with Crippen molar-refractivity contribution in [3.8, 4) is 0 Å². The lowest BCUT2D eigenvalue weighted by Gasteiger charge is -2.07. The largest absolute Gasteiger partial charge is 0.369 e. The summed E-state index contributed by atoms with van der Waals surface area (Å²) in [6, 6.07) is 7.84. The first-order valence-electron chi connectivity index (χ1n) is 4.96. The van der Waals surface area contributed by atoms with Crippen molar-refractivity contribution in [2.24, 2.45) is 0 Å². The van der Waals surface area contributed by atoms with Crippen LogP contribution in [0.15, 0.2) is 24.3 Å². The fraction of sp³-hybridized carbons (Fsp3) is 0.273. The molecular weight excluding hydrogens is 242 g/mol. The molecule has 0 aliphatic heterocycles. The van der Waals surface area contributed by atoms with Crippen LogP contribution in [0.1, 0.15) is 0 Å². The average molecular weight is 254 g/mol. The summed E-state index contributed by atoms with van der Waals surface area (Å²) < 4.78 is 0. The van der Waals surface area contributed by atoms with E-state index in [1.165, 1.54) is 0 Å². The van der Waals surface area contributed by atoms with Crippen LogP contribution < -0.4 is 5.32 Å². The van der Waals surface area contributed by atoms with Crippen molar-refractivity contribution in [1.29, 1.82) is 0 Å². The van der Waals surface area contributed by atoms with E-state index in [9.17, 15) is 0 Å². The second kappa shape index (κ2) is 5.37. The summed E-state index contributed by atoms with van der Waals surface area (Å²) in [6.07, 6.45) is 2.08. The summed E-state index contributed by atoms with van der Waals surface area (Å²) in [6.45, 7) is 0.874. The second-order valence-electron chi connectivity index (χ2n) is 3.28. The van der Waals surface area contributed by atoms with Gasteiger partial charge in [0.05, 0.1) is 5.52 Å². The molecule has 1 aromatic heterocycles. The SMILES string of the molecule is CSCCNc1nc(Cl)nc2ccccc12. The van der Waals surface area contributed by atoms with Crippen molar-refractivity contribution in [3.05, 3.63) is 29.5 Å². The number of rotatable bonds is 4. The highest BCUT2D eigenvalue weighted by Gasteiger charge is 2.04. The third-order valence-corrected chi connectivity index (χ3v) is 2.96. The number of nitrogens with one attached hydrogen (secondary N) is 1. The molecular formula is C11H12ClN3S. The molecule has 0 radical (unpaired) electrons. The number of hydrogen-bond acceptors (Lipinski definition) is 4. The van der Waals surface area contributed by atoms with Crippen molar-refractivity contribution in [2.45, 2.75) is 0 Å². The second-order valence-corrected chi connectivity index (χ2v) is 4.60. The summed E-state index contributed by atoms with van der Waals surface area (Å²) in [7, 11) is 0. The van der Waals surface area contributed by atoms with Gasteiger partial charge in [-0.05, 0) is 30.0 Å². The molecule has 2 rings (SSSR count). The fourth-order valence-electron chi connectivity index (χ4n) is 1.45. The summed E-state index contributed by atoms with van der Waals surface area (Å²) in [5.74, 6) is 1.85. The van der Waals surface area contributed by atoms with E-state index < -0.39 is 0 Å². The lowest BCUT2D eigenvalue weighted by atomic mass is 10.2. The molecule has 3 nitrogen and oxygen atoms in total. The third kappa shape index (κ3) is 2.57. The topological polar surface area (TPSA) is 37.8 Å². The van der Waals surface area contributed by atoms with Crippen LogP contribution in [0.4, 0.5) is 5.82 Å². The zero-order valence-corrected chi connectivity index (χ0v) is 10.5. The molecule has 0 saturated carbocycles. The molecule has 84 valence electrons. The van der Waals surface area contributed by atoms with E-state index >= 15 is 0 Å². The zero-order chi connectivity index (χ0) is 11.4. The van der Waals surface area contributed by atoms with Crippen LogP contribution in [0.5, 0.6) is 0 Å². The molecule has 16 heavy (non-hydrogen) atoms. The number of hydrogen-bond donors (Lipinski definition) is 1. The normalized spacial score (nSPS) is 10.6. The number of halogens is 1. The fourth-order valence-corrected chi connectivity index (χ4v) is 1.94. The van der Waals surface area contributed by atoms with Gasteiger partial charge in [0.2, 0.25) is 5.28 Å². The van der Waals surface area contributed by atoms with Gasteiger partial charge in [-0.2, -0.15) is 11.8 Å². The van der Waals surface area contributed by atoms with Crippen LogP contribution in [-0.4, -0.2) is 28.5 Å². The first-order valence-corrected chi connectivity index (χ1v) is 6.73. The highest BCUT2D eigenvalue weighted by molar-refractivity contribution is 7.98. The molecule has 0 atom stereocenters. The number of para-hydroxylation sites is 1. The van der Waals surface area contributed by atoms with Crippen LogP contribution >= 0.6 is 23.4 Å². The van der Waals surface area contributed by atoms with E-state index in [0.29, 0.717) is 0 Å². The minimum absolute atomic E-state index is 0.283. The smallest absolute Gasteiger partial charge is 0.224 e. The van der Waals surface area contributed by atoms with Crippen LogP contribution in [0.25, 0.3) is 10.9 Å². The molecule has 5 heteroatoms. The molecule has 0 spiro atoms. The molecule has 0 unspecified atom stereocenters. The predicted molar refractivity (Wildman–Crippen MR) is 71.4 cm³/mol. The molecule has 0 saturated heterocycles. The lowest BCUT2D eigenvalue weighted by Crippen LogP contribution is -2.06. The van der Waals surface area contributed by atoms with E-state index in [4.69, 9.17) is 11.6 Å². The molecule has 1 heterocycles. The number of anilines is 1. The Hall–Kier alpha value is -1.00. The van der Waals surface area contributed by atoms with Crippen LogP contribution in [0.2, 0.25) is 5.28 Å². The highest BCUT2D eigenvalue weighted by atomic mass is 35.5. The summed E-state index contributed by atoms with van der Waals surface area (Å²) in [5, 5.41) is 4.56. The van der Waals surface area contributed by atoms with Crippen LogP contribution in [-0.2, 0) is 0 Å². The maximum Gasteiger partial charge on any atom is 0.224 e. The molecule has 0 aliphatic rings. The van der Waals surface area contributed by atoms with E-state index in [-0.39, 0.29) is 5.28 Å². The maximum atomic E-state index is 5.87. The van der Waals surface area contributed by atoms with Crippen molar-refractivity contribution in [1.82, 2.24) is 9.97 Å². The summed E-state index contributed by atoms with van der Waals surface area (Å²) in [4.78, 5) is 8.38. The number of nitrogens with zero attached hydrogens (tertiary/aromatic N) is 2. The Morgan fingerprint density at radius 1 is 1.31 bits per heavy atom. The minimum atomic E-state index is 0.283. The van der Waals surface area contributed by atoms with Gasteiger partial charge in [-0.15, -0.1) is 0 Å². The highest BCUT2D eigenvalue weighted by Crippen LogP contribution is 2.21. The molecule has 0 fully saturated rings. The molecule has 0 aliphatic carbocycles. The standard InChI is InChI=1S/C11H12ClN3S/c1-16-7-6-13-10-8-4-2-3-5-9(8)14-11(12)15-10/h2-5H,6-7H2,1H3,(H,13,14,15). The molecule has 1 aromatic carbocycles. The van der Waals surface area contributed by atoms with E-state index in [0.717, 1.165) is 29.0 Å². The van der Waals surface area contributed by atoms with Crippen LogP contribution in [0, 0.1) is 0 Å². The Bertz CT molecular complexity index is 490. The Morgan fingerprint density at radius 2 is 2.12 bits per heavy atom. The van der Waals surface area contributed by atoms with Crippen molar-refractivity contribution in [2.75, 3.05) is 23.9 Å². The van der Waals surface area contributed by atoms with Gasteiger partial charge in [-0.1, -0.05) is 12.1 Å². The molecule has 0 bridgehead atoms. The van der Waals surface area contributed by atoms with Crippen LogP contribution in [0.3, 0.4) is 0 Å². The summed E-state index contributed by atoms with van der Waals surface area (Å²) >= 11 is 7.66. The van der Waals surface area contributed by atoms with E-state index in [2.05, 4.69) is 21.5 Å². The van der Waals surface area contributed by atoms with Crippen molar-refractivity contribution < 1.29 is 0 Å². The Labute approximate surface area is 104 Å². The van der Waals surface area contributed by atoms with Gasteiger partial charge >= 0.3 is 0 Å². The minimum Gasteiger partial charge on any atom is -0.369 e. The molecule has 1 N–H and O–H groups in total. The zero-order valence-electron chi connectivity index (χ0n) is 8.90. The van der Waals surface area contributed by atoms with Gasteiger partial charge in [0.25, 0.3) is 0 Å². The lowest BCUT2D eigenvalue weighted by molar-refractivity contribution is 1.15. The van der Waals surface area contributed by atoms with Gasteiger partial charge < -0.3 is 5.32 Å². The number of fused-ring (bicyclic) bond motifs is 1.